The topological polar surface area (TPSA) is 81.7 Å². The molecule has 1 amide bonds. The molecule has 18 heavy (non-hydrogen) atoms. The van der Waals surface area contributed by atoms with E-state index in [9.17, 15) is 13.2 Å². The molecule has 0 unspecified atom stereocenters. The summed E-state index contributed by atoms with van der Waals surface area (Å²) in [4.78, 5) is 11.2. The second-order valence-corrected chi connectivity index (χ2v) is 6.00. The van der Waals surface area contributed by atoms with Crippen LogP contribution >= 0.6 is 0 Å². The Bertz CT molecular complexity index is 504. The van der Waals surface area contributed by atoms with Crippen LogP contribution in [-0.2, 0) is 19.1 Å². The molecule has 0 aliphatic heterocycles. The number of carbonyl (C=O) groups is 1. The van der Waals surface area contributed by atoms with Gasteiger partial charge in [0.25, 0.3) is 0 Å². The van der Waals surface area contributed by atoms with Gasteiger partial charge in [0.15, 0.2) is 0 Å². The molecule has 0 atom stereocenters. The molecule has 0 spiro atoms. The van der Waals surface area contributed by atoms with Gasteiger partial charge in [-0.3, -0.25) is 0 Å². The molecule has 0 fully saturated rings. The summed E-state index contributed by atoms with van der Waals surface area (Å²) in [5.41, 5.74) is 0.997. The maximum Gasteiger partial charge on any atom is 0.432 e. The minimum absolute atomic E-state index is 0.0546. The summed E-state index contributed by atoms with van der Waals surface area (Å²) in [6.45, 7) is 4.95. The molecule has 1 aromatic rings. The van der Waals surface area contributed by atoms with Crippen LogP contribution in [0.2, 0.25) is 0 Å². The zero-order valence-corrected chi connectivity index (χ0v) is 11.2. The van der Waals surface area contributed by atoms with Crippen molar-refractivity contribution in [3.05, 3.63) is 30.3 Å². The molecule has 7 heteroatoms. The molecular weight excluding hydrogens is 258 g/mol. The molecular formula is C11H15NO5S. The minimum Gasteiger partial charge on any atom is -0.442 e. The summed E-state index contributed by atoms with van der Waals surface area (Å²) in [6.07, 6.45) is -0.970. The molecule has 0 aliphatic rings. The van der Waals surface area contributed by atoms with Crippen molar-refractivity contribution < 1.29 is 22.2 Å². The van der Waals surface area contributed by atoms with Gasteiger partial charge < -0.3 is 4.74 Å². The molecule has 0 bridgehead atoms. The first kappa shape index (κ1) is 14.5. The Morgan fingerprint density at radius 2 is 1.72 bits per heavy atom. The highest BCUT2D eigenvalue weighted by Gasteiger charge is 2.20. The third-order valence-electron chi connectivity index (χ3n) is 1.67. The Kier molecular flexibility index (Phi) is 4.31. The van der Waals surface area contributed by atoms with Crippen molar-refractivity contribution >= 4 is 16.2 Å². The van der Waals surface area contributed by atoms with Crippen molar-refractivity contribution in [2.45, 2.75) is 31.3 Å². The van der Waals surface area contributed by atoms with Crippen LogP contribution in [0.15, 0.2) is 35.2 Å². The van der Waals surface area contributed by atoms with Crippen molar-refractivity contribution in [2.24, 2.45) is 0 Å². The van der Waals surface area contributed by atoms with Gasteiger partial charge in [-0.2, -0.15) is 13.9 Å². The van der Waals surface area contributed by atoms with E-state index in [1.165, 1.54) is 12.1 Å². The molecule has 0 aliphatic carbocycles. The SMILES string of the molecule is CC(C)(C)OC(=O)NOS(=O)(=O)c1ccccc1. The van der Waals surface area contributed by atoms with Crippen LogP contribution < -0.4 is 5.48 Å². The van der Waals surface area contributed by atoms with Gasteiger partial charge in [0.05, 0.1) is 4.90 Å². The molecule has 6 nitrogen and oxygen atoms in total. The maximum atomic E-state index is 11.6. The highest BCUT2D eigenvalue weighted by atomic mass is 32.2. The van der Waals surface area contributed by atoms with Crippen molar-refractivity contribution in [3.8, 4) is 0 Å². The van der Waals surface area contributed by atoms with Crippen LogP contribution in [0.3, 0.4) is 0 Å². The third-order valence-corrected chi connectivity index (χ3v) is 2.82. The van der Waals surface area contributed by atoms with Crippen LogP contribution in [0.5, 0.6) is 0 Å². The molecule has 100 valence electrons. The fourth-order valence-corrected chi connectivity index (χ4v) is 1.79. The lowest BCUT2D eigenvalue weighted by atomic mass is 10.2. The lowest BCUT2D eigenvalue weighted by Crippen LogP contribution is -2.34. The fraction of sp³-hybridized carbons (Fsp3) is 0.364. The van der Waals surface area contributed by atoms with E-state index < -0.39 is 21.8 Å². The number of hydroxylamine groups is 1. The van der Waals surface area contributed by atoms with Crippen LogP contribution in [-0.4, -0.2) is 20.1 Å². The smallest absolute Gasteiger partial charge is 0.432 e. The first-order valence-electron chi connectivity index (χ1n) is 5.18. The van der Waals surface area contributed by atoms with Crippen LogP contribution in [0.25, 0.3) is 0 Å². The van der Waals surface area contributed by atoms with Gasteiger partial charge in [0.2, 0.25) is 0 Å². The predicted molar refractivity (Wildman–Crippen MR) is 64.1 cm³/mol. The summed E-state index contributed by atoms with van der Waals surface area (Å²) in [5.74, 6) is 0. The number of carbonyl (C=O) groups excluding carboxylic acids is 1. The van der Waals surface area contributed by atoms with Crippen molar-refractivity contribution in [1.29, 1.82) is 0 Å². The fourth-order valence-electron chi connectivity index (χ4n) is 1.02. The number of amides is 1. The molecule has 0 saturated carbocycles. The zero-order chi connectivity index (χ0) is 13.8. The summed E-state index contributed by atoms with van der Waals surface area (Å²) in [6, 6.07) is 7.46. The number of ether oxygens (including phenoxy) is 1. The molecule has 0 heterocycles. The van der Waals surface area contributed by atoms with Gasteiger partial charge >= 0.3 is 16.2 Å². The van der Waals surface area contributed by atoms with Crippen LogP contribution in [0, 0.1) is 0 Å². The van der Waals surface area contributed by atoms with E-state index in [0.29, 0.717) is 0 Å². The Morgan fingerprint density at radius 1 is 1.17 bits per heavy atom. The van der Waals surface area contributed by atoms with Gasteiger partial charge in [-0.25, -0.2) is 4.79 Å². The van der Waals surface area contributed by atoms with Crippen molar-refractivity contribution in [3.63, 3.8) is 0 Å². The second kappa shape index (κ2) is 5.36. The molecule has 0 aromatic heterocycles. The number of hydrogen-bond donors (Lipinski definition) is 1. The lowest BCUT2D eigenvalue weighted by molar-refractivity contribution is 0.0298. The number of nitrogens with one attached hydrogen (secondary N) is 1. The van der Waals surface area contributed by atoms with Gasteiger partial charge in [0, 0.05) is 0 Å². The van der Waals surface area contributed by atoms with E-state index in [1.54, 1.807) is 44.5 Å². The number of hydrogen-bond acceptors (Lipinski definition) is 5. The summed E-state index contributed by atoms with van der Waals surface area (Å²) in [5, 5.41) is 0. The van der Waals surface area contributed by atoms with Crippen LogP contribution in [0.4, 0.5) is 4.79 Å². The molecule has 1 rings (SSSR count). The summed E-state index contributed by atoms with van der Waals surface area (Å²) >= 11 is 0. The van der Waals surface area contributed by atoms with E-state index in [0.717, 1.165) is 0 Å². The Hall–Kier alpha value is -1.60. The second-order valence-electron chi connectivity index (χ2n) is 4.45. The minimum atomic E-state index is -4.02. The predicted octanol–water partition coefficient (Wildman–Crippen LogP) is 1.83. The zero-order valence-electron chi connectivity index (χ0n) is 10.3. The van der Waals surface area contributed by atoms with Crippen molar-refractivity contribution in [1.82, 2.24) is 5.48 Å². The maximum absolute atomic E-state index is 11.6. The van der Waals surface area contributed by atoms with Crippen molar-refractivity contribution in [2.75, 3.05) is 0 Å². The highest BCUT2D eigenvalue weighted by Crippen LogP contribution is 2.11. The van der Waals surface area contributed by atoms with E-state index >= 15 is 0 Å². The average molecular weight is 273 g/mol. The third kappa shape index (κ3) is 4.72. The Morgan fingerprint density at radius 3 is 2.22 bits per heavy atom. The molecule has 1 N–H and O–H groups in total. The van der Waals surface area contributed by atoms with E-state index in [-0.39, 0.29) is 4.90 Å². The standard InChI is InChI=1S/C11H15NO5S/c1-11(2,3)16-10(13)12-17-18(14,15)9-7-5-4-6-8-9/h4-8H,1-3H3,(H,12,13). The average Bonchev–Trinajstić information content (AvgIpc) is 2.26. The normalized spacial score (nSPS) is 11.9. The van der Waals surface area contributed by atoms with E-state index in [2.05, 4.69) is 4.28 Å². The lowest BCUT2D eigenvalue weighted by Gasteiger charge is -2.19. The number of benzene rings is 1. The van der Waals surface area contributed by atoms with E-state index in [1.807, 2.05) is 0 Å². The van der Waals surface area contributed by atoms with Gasteiger partial charge in [-0.15, -0.1) is 4.28 Å². The van der Waals surface area contributed by atoms with E-state index in [4.69, 9.17) is 4.74 Å². The van der Waals surface area contributed by atoms with Gasteiger partial charge in [0.1, 0.15) is 5.60 Å². The molecule has 0 saturated heterocycles. The number of rotatable bonds is 3. The van der Waals surface area contributed by atoms with Gasteiger partial charge in [-0.05, 0) is 32.9 Å². The summed E-state index contributed by atoms with van der Waals surface area (Å²) < 4.78 is 32.4. The summed E-state index contributed by atoms with van der Waals surface area (Å²) in [7, 11) is -4.02. The highest BCUT2D eigenvalue weighted by molar-refractivity contribution is 7.86. The first-order valence-corrected chi connectivity index (χ1v) is 6.59. The monoisotopic (exact) mass is 273 g/mol. The Labute approximate surface area is 106 Å². The first-order chi connectivity index (χ1) is 8.21. The van der Waals surface area contributed by atoms with Gasteiger partial charge in [-0.1, -0.05) is 18.2 Å². The quantitative estimate of drug-likeness (QED) is 0.850. The molecule has 1 aromatic carbocycles. The Balaban J connectivity index is 2.61. The van der Waals surface area contributed by atoms with Crippen LogP contribution in [0.1, 0.15) is 20.8 Å². The molecule has 0 radical (unpaired) electrons. The largest absolute Gasteiger partial charge is 0.442 e.